The topological polar surface area (TPSA) is 40.7 Å². The van der Waals surface area contributed by atoms with Crippen molar-refractivity contribution in [2.24, 2.45) is 0 Å². The van der Waals surface area contributed by atoms with Crippen molar-refractivity contribution in [3.05, 3.63) is 54.0 Å². The zero-order valence-electron chi connectivity index (χ0n) is 11.5. The molecule has 2 heterocycles. The molecule has 4 rings (SSSR count). The lowest BCUT2D eigenvalue weighted by Gasteiger charge is -2.24. The fourth-order valence-electron chi connectivity index (χ4n) is 2.71. The van der Waals surface area contributed by atoms with E-state index in [1.807, 2.05) is 6.20 Å². The monoisotopic (exact) mass is 263 g/mol. The van der Waals surface area contributed by atoms with E-state index in [-0.39, 0.29) is 0 Å². The number of hydrogen-bond acceptors (Lipinski definition) is 2. The predicted molar refractivity (Wildman–Crippen MR) is 81.9 cm³/mol. The molecule has 1 saturated heterocycles. The second-order valence-electron chi connectivity index (χ2n) is 5.60. The van der Waals surface area contributed by atoms with Crippen molar-refractivity contribution in [3.63, 3.8) is 0 Å². The minimum Gasteiger partial charge on any atom is -0.342 e. The van der Waals surface area contributed by atoms with Gasteiger partial charge in [-0.05, 0) is 23.8 Å². The van der Waals surface area contributed by atoms with E-state index in [4.69, 9.17) is 0 Å². The fourth-order valence-corrected chi connectivity index (χ4v) is 2.71. The van der Waals surface area contributed by atoms with Gasteiger partial charge in [0.05, 0.1) is 11.9 Å². The van der Waals surface area contributed by atoms with Crippen LogP contribution in [0.2, 0.25) is 0 Å². The average Bonchev–Trinajstić information content (AvgIpc) is 2.85. The summed E-state index contributed by atoms with van der Waals surface area (Å²) in [6, 6.07) is 13.1. The van der Waals surface area contributed by atoms with Crippen LogP contribution in [0, 0.1) is 6.92 Å². The van der Waals surface area contributed by atoms with Crippen molar-refractivity contribution in [1.82, 2.24) is 15.3 Å². The zero-order valence-corrected chi connectivity index (χ0v) is 11.5. The van der Waals surface area contributed by atoms with Gasteiger partial charge in [0, 0.05) is 24.6 Å². The maximum atomic E-state index is 4.51. The molecule has 0 spiro atoms. The predicted octanol–water partition coefficient (Wildman–Crippen LogP) is 3.23. The molecule has 20 heavy (non-hydrogen) atoms. The van der Waals surface area contributed by atoms with Gasteiger partial charge in [0.2, 0.25) is 0 Å². The summed E-state index contributed by atoms with van der Waals surface area (Å²) in [5.74, 6) is 1.65. The third-order valence-corrected chi connectivity index (χ3v) is 4.07. The first-order valence-electron chi connectivity index (χ1n) is 7.06. The average molecular weight is 263 g/mol. The van der Waals surface area contributed by atoms with Gasteiger partial charge in [0.25, 0.3) is 0 Å². The lowest BCUT2D eigenvalue weighted by molar-refractivity contribution is 0.433. The standard InChI is InChI=1S/C17H17N3/c1-11-2-3-13-7-14(5-4-12(13)6-11)16-10-19-17(20-16)15-8-18-9-15/h2-7,10,15,18H,8-9H2,1H3,(H,19,20). The van der Waals surface area contributed by atoms with Crippen LogP contribution in [0.15, 0.2) is 42.6 Å². The van der Waals surface area contributed by atoms with Gasteiger partial charge in [-0.1, -0.05) is 35.9 Å². The number of rotatable bonds is 2. The number of aromatic nitrogens is 2. The van der Waals surface area contributed by atoms with Crippen molar-refractivity contribution < 1.29 is 0 Å². The molecule has 1 aliphatic rings. The molecule has 1 aromatic heterocycles. The van der Waals surface area contributed by atoms with Gasteiger partial charge in [0.15, 0.2) is 0 Å². The van der Waals surface area contributed by atoms with Crippen molar-refractivity contribution in [3.8, 4) is 11.3 Å². The molecule has 100 valence electrons. The Morgan fingerprint density at radius 1 is 1.05 bits per heavy atom. The largest absolute Gasteiger partial charge is 0.342 e. The molecule has 1 fully saturated rings. The summed E-state index contributed by atoms with van der Waals surface area (Å²) in [6.45, 7) is 4.19. The number of nitrogens with one attached hydrogen (secondary N) is 2. The quantitative estimate of drug-likeness (QED) is 0.745. The summed E-state index contributed by atoms with van der Waals surface area (Å²) in [6.07, 6.45) is 1.95. The van der Waals surface area contributed by atoms with Crippen LogP contribution in [0.4, 0.5) is 0 Å². The van der Waals surface area contributed by atoms with Crippen LogP contribution in [0.1, 0.15) is 17.3 Å². The second kappa shape index (κ2) is 4.46. The van der Waals surface area contributed by atoms with Gasteiger partial charge in [-0.25, -0.2) is 4.98 Å². The summed E-state index contributed by atoms with van der Waals surface area (Å²) in [5, 5.41) is 5.84. The molecule has 0 radical (unpaired) electrons. The number of nitrogens with zero attached hydrogens (tertiary/aromatic N) is 1. The van der Waals surface area contributed by atoms with E-state index in [1.165, 1.54) is 21.9 Å². The molecule has 0 atom stereocenters. The summed E-state index contributed by atoms with van der Waals surface area (Å²) in [5.41, 5.74) is 3.60. The number of H-pyrrole nitrogens is 1. The molecule has 0 unspecified atom stereocenters. The second-order valence-corrected chi connectivity index (χ2v) is 5.60. The Balaban J connectivity index is 1.73. The highest BCUT2D eigenvalue weighted by molar-refractivity contribution is 5.87. The molecule has 0 aliphatic carbocycles. The molecule has 0 saturated carbocycles. The van der Waals surface area contributed by atoms with Gasteiger partial charge in [-0.15, -0.1) is 0 Å². The van der Waals surface area contributed by atoms with Crippen molar-refractivity contribution >= 4 is 10.8 Å². The summed E-state index contributed by atoms with van der Waals surface area (Å²) in [7, 11) is 0. The van der Waals surface area contributed by atoms with Crippen molar-refractivity contribution in [2.75, 3.05) is 13.1 Å². The number of fused-ring (bicyclic) bond motifs is 1. The number of aromatic amines is 1. The van der Waals surface area contributed by atoms with E-state index < -0.39 is 0 Å². The first-order valence-corrected chi connectivity index (χ1v) is 7.06. The number of aryl methyl sites for hydroxylation is 1. The molecular weight excluding hydrogens is 246 g/mol. The van der Waals surface area contributed by atoms with Crippen LogP contribution in [0.3, 0.4) is 0 Å². The van der Waals surface area contributed by atoms with Gasteiger partial charge in [-0.2, -0.15) is 0 Å². The Kier molecular flexibility index (Phi) is 2.60. The van der Waals surface area contributed by atoms with E-state index in [0.29, 0.717) is 5.92 Å². The molecule has 3 heteroatoms. The Labute approximate surface area is 118 Å². The first-order chi connectivity index (χ1) is 9.79. The molecule has 1 aliphatic heterocycles. The Bertz CT molecular complexity index is 769. The van der Waals surface area contributed by atoms with Gasteiger partial charge < -0.3 is 10.3 Å². The Morgan fingerprint density at radius 2 is 1.85 bits per heavy atom. The third-order valence-electron chi connectivity index (χ3n) is 4.07. The smallest absolute Gasteiger partial charge is 0.112 e. The summed E-state index contributed by atoms with van der Waals surface area (Å²) < 4.78 is 0. The van der Waals surface area contributed by atoms with E-state index >= 15 is 0 Å². The van der Waals surface area contributed by atoms with E-state index in [2.05, 4.69) is 58.6 Å². The van der Waals surface area contributed by atoms with Crippen LogP contribution in [0.5, 0.6) is 0 Å². The number of benzene rings is 2. The highest BCUT2D eigenvalue weighted by Gasteiger charge is 2.21. The molecule has 3 nitrogen and oxygen atoms in total. The minimum atomic E-state index is 0.548. The van der Waals surface area contributed by atoms with Crippen LogP contribution in [-0.4, -0.2) is 23.1 Å². The van der Waals surface area contributed by atoms with Gasteiger partial charge in [-0.3, -0.25) is 0 Å². The fraction of sp³-hybridized carbons (Fsp3) is 0.235. The maximum absolute atomic E-state index is 4.51. The lowest BCUT2D eigenvalue weighted by Crippen LogP contribution is -2.40. The SMILES string of the molecule is Cc1ccc2cc(-c3cnc(C4CNC4)[nH]3)ccc2c1. The highest BCUT2D eigenvalue weighted by atomic mass is 15.0. The minimum absolute atomic E-state index is 0.548. The molecule has 2 aromatic carbocycles. The molecule has 0 bridgehead atoms. The zero-order chi connectivity index (χ0) is 13.5. The normalized spacial score (nSPS) is 15.4. The van der Waals surface area contributed by atoms with E-state index in [9.17, 15) is 0 Å². The van der Waals surface area contributed by atoms with Crippen LogP contribution >= 0.6 is 0 Å². The van der Waals surface area contributed by atoms with Crippen LogP contribution in [0.25, 0.3) is 22.0 Å². The maximum Gasteiger partial charge on any atom is 0.112 e. The molecular formula is C17H17N3. The first kappa shape index (κ1) is 11.7. The van der Waals surface area contributed by atoms with Gasteiger partial charge >= 0.3 is 0 Å². The summed E-state index contributed by atoms with van der Waals surface area (Å²) in [4.78, 5) is 7.97. The van der Waals surface area contributed by atoms with Crippen molar-refractivity contribution in [2.45, 2.75) is 12.8 Å². The summed E-state index contributed by atoms with van der Waals surface area (Å²) >= 11 is 0. The van der Waals surface area contributed by atoms with Gasteiger partial charge in [0.1, 0.15) is 5.82 Å². The highest BCUT2D eigenvalue weighted by Crippen LogP contribution is 2.26. The number of imidazole rings is 1. The van der Waals surface area contributed by atoms with E-state index in [1.54, 1.807) is 0 Å². The molecule has 3 aromatic rings. The lowest BCUT2D eigenvalue weighted by atomic mass is 10.0. The Hall–Kier alpha value is -2.13. The van der Waals surface area contributed by atoms with Crippen LogP contribution < -0.4 is 5.32 Å². The van der Waals surface area contributed by atoms with E-state index in [0.717, 1.165) is 24.6 Å². The number of hydrogen-bond donors (Lipinski definition) is 2. The van der Waals surface area contributed by atoms with Crippen molar-refractivity contribution in [1.29, 1.82) is 0 Å². The third kappa shape index (κ3) is 1.91. The molecule has 2 N–H and O–H groups in total. The van der Waals surface area contributed by atoms with Crippen LogP contribution in [-0.2, 0) is 0 Å². The Morgan fingerprint density at radius 3 is 2.65 bits per heavy atom. The molecule has 0 amide bonds.